The van der Waals surface area contributed by atoms with Crippen LogP contribution >= 0.6 is 0 Å². The van der Waals surface area contributed by atoms with E-state index in [1.165, 1.54) is 6.20 Å². The van der Waals surface area contributed by atoms with Gasteiger partial charge in [-0.25, -0.2) is 0 Å². The van der Waals surface area contributed by atoms with Crippen molar-refractivity contribution in [2.45, 2.75) is 26.7 Å². The number of rotatable bonds is 6. The lowest BCUT2D eigenvalue weighted by Crippen LogP contribution is -2.17. The van der Waals surface area contributed by atoms with Crippen molar-refractivity contribution in [2.24, 2.45) is 0 Å². The molecule has 2 aromatic carbocycles. The van der Waals surface area contributed by atoms with E-state index in [1.54, 1.807) is 24.3 Å². The zero-order valence-electron chi connectivity index (χ0n) is 14.5. The normalized spacial score (nSPS) is 10.8. The summed E-state index contributed by atoms with van der Waals surface area (Å²) >= 11 is 0. The second kappa shape index (κ2) is 8.55. The van der Waals surface area contributed by atoms with Gasteiger partial charge in [-0.1, -0.05) is 32.0 Å². The summed E-state index contributed by atoms with van der Waals surface area (Å²) in [6.45, 7) is 4.07. The Kier molecular flexibility index (Phi) is 6.19. The van der Waals surface area contributed by atoms with Gasteiger partial charge >= 0.3 is 0 Å². The fourth-order valence-corrected chi connectivity index (χ4v) is 2.47. The minimum Gasteiger partial charge on any atom is -0.399 e. The average molecular weight is 334 g/mol. The molecular weight excluding hydrogens is 312 g/mol. The second-order valence-electron chi connectivity index (χ2n) is 5.55. The highest BCUT2D eigenvalue weighted by molar-refractivity contribution is 6.07. The first-order chi connectivity index (χ1) is 12.1. The molecule has 5 nitrogen and oxygen atoms in total. The number of nitrogens with one attached hydrogen (secondary N) is 2. The van der Waals surface area contributed by atoms with Crippen LogP contribution < -0.4 is 16.4 Å². The van der Waals surface area contributed by atoms with Crippen molar-refractivity contribution in [1.82, 2.24) is 0 Å². The molecule has 0 saturated heterocycles. The molecule has 0 aliphatic rings. The van der Waals surface area contributed by atoms with Crippen molar-refractivity contribution in [3.05, 3.63) is 65.4 Å². The number of aryl methyl sites for hydroxylation is 2. The van der Waals surface area contributed by atoms with E-state index < -0.39 is 5.91 Å². The number of carbonyl (C=O) groups is 1. The summed E-state index contributed by atoms with van der Waals surface area (Å²) in [5, 5.41) is 15.1. The molecule has 0 fully saturated rings. The van der Waals surface area contributed by atoms with E-state index in [0.717, 1.165) is 35.3 Å². The van der Waals surface area contributed by atoms with Crippen LogP contribution in [0.15, 0.2) is 54.2 Å². The third kappa shape index (κ3) is 4.61. The molecule has 25 heavy (non-hydrogen) atoms. The van der Waals surface area contributed by atoms with Gasteiger partial charge in [0.25, 0.3) is 5.91 Å². The van der Waals surface area contributed by atoms with Gasteiger partial charge in [-0.15, -0.1) is 0 Å². The fourth-order valence-electron chi connectivity index (χ4n) is 2.47. The predicted octanol–water partition coefficient (Wildman–Crippen LogP) is 3.85. The van der Waals surface area contributed by atoms with E-state index in [4.69, 9.17) is 5.73 Å². The van der Waals surface area contributed by atoms with Gasteiger partial charge in [0.05, 0.1) is 0 Å². The van der Waals surface area contributed by atoms with Gasteiger partial charge in [0.2, 0.25) is 0 Å². The molecule has 0 bridgehead atoms. The lowest BCUT2D eigenvalue weighted by Gasteiger charge is -2.14. The molecule has 0 aliphatic heterocycles. The number of hydrogen-bond donors (Lipinski definition) is 3. The van der Waals surface area contributed by atoms with Crippen molar-refractivity contribution in [3.8, 4) is 6.07 Å². The first kappa shape index (κ1) is 18.1. The zero-order chi connectivity index (χ0) is 18.2. The number of nitrogens with zero attached hydrogens (tertiary/aromatic N) is 1. The number of nitrogen functional groups attached to an aromatic ring is 1. The number of amides is 1. The molecule has 5 heteroatoms. The minimum absolute atomic E-state index is 0.00443. The fraction of sp³-hybridized carbons (Fsp3) is 0.200. The molecule has 128 valence electrons. The SMILES string of the molecule is CCc1cccc(CC)c1NC(=O)/C(C#N)=C\Nc1ccc(N)cc1. The molecule has 1 amide bonds. The first-order valence-electron chi connectivity index (χ1n) is 8.23. The number of para-hydroxylation sites is 1. The van der Waals surface area contributed by atoms with Crippen LogP contribution in [0.1, 0.15) is 25.0 Å². The van der Waals surface area contributed by atoms with E-state index >= 15 is 0 Å². The average Bonchev–Trinajstić information content (AvgIpc) is 2.63. The van der Waals surface area contributed by atoms with Crippen molar-refractivity contribution < 1.29 is 4.79 Å². The van der Waals surface area contributed by atoms with Crippen LogP contribution in [-0.4, -0.2) is 5.91 Å². The number of anilines is 3. The molecule has 0 spiro atoms. The number of nitrogens with two attached hydrogens (primary N) is 1. The van der Waals surface area contributed by atoms with Gasteiger partial charge in [-0.2, -0.15) is 5.26 Å². The Bertz CT molecular complexity index is 794. The standard InChI is InChI=1S/C20H22N4O/c1-3-14-6-5-7-15(4-2)19(14)24-20(25)16(12-21)13-23-18-10-8-17(22)9-11-18/h5-11,13,23H,3-4,22H2,1-2H3,(H,24,25)/b16-13-. The van der Waals surface area contributed by atoms with Crippen molar-refractivity contribution >= 4 is 23.0 Å². The maximum atomic E-state index is 12.5. The Labute approximate surface area is 148 Å². The summed E-state index contributed by atoms with van der Waals surface area (Å²) < 4.78 is 0. The Hall–Kier alpha value is -3.26. The lowest BCUT2D eigenvalue weighted by atomic mass is 10.0. The molecule has 2 rings (SSSR count). The third-order valence-electron chi connectivity index (χ3n) is 3.90. The molecule has 0 saturated carbocycles. The van der Waals surface area contributed by atoms with Crippen LogP contribution in [0.25, 0.3) is 0 Å². The van der Waals surface area contributed by atoms with E-state index in [-0.39, 0.29) is 5.57 Å². The molecule has 0 aliphatic carbocycles. The molecule has 2 aromatic rings. The summed E-state index contributed by atoms with van der Waals surface area (Å²) in [5.74, 6) is -0.430. The smallest absolute Gasteiger partial charge is 0.267 e. The topological polar surface area (TPSA) is 90.9 Å². The molecule has 4 N–H and O–H groups in total. The largest absolute Gasteiger partial charge is 0.399 e. The maximum Gasteiger partial charge on any atom is 0.267 e. The van der Waals surface area contributed by atoms with Crippen molar-refractivity contribution in [2.75, 3.05) is 16.4 Å². The van der Waals surface area contributed by atoms with Gasteiger partial charge in [-0.05, 0) is 48.2 Å². The van der Waals surface area contributed by atoms with E-state index in [0.29, 0.717) is 5.69 Å². The Balaban J connectivity index is 2.19. The van der Waals surface area contributed by atoms with Gasteiger partial charge in [0.15, 0.2) is 0 Å². The predicted molar refractivity (Wildman–Crippen MR) is 102 cm³/mol. The Morgan fingerprint density at radius 1 is 1.12 bits per heavy atom. The van der Waals surface area contributed by atoms with Crippen LogP contribution in [0, 0.1) is 11.3 Å². The quantitative estimate of drug-likeness (QED) is 0.425. The van der Waals surface area contributed by atoms with Crippen LogP contribution in [-0.2, 0) is 17.6 Å². The van der Waals surface area contributed by atoms with Crippen molar-refractivity contribution in [3.63, 3.8) is 0 Å². The highest BCUT2D eigenvalue weighted by Crippen LogP contribution is 2.23. The Morgan fingerprint density at radius 2 is 1.72 bits per heavy atom. The summed E-state index contributed by atoms with van der Waals surface area (Å²) in [6.07, 6.45) is 3.01. The highest BCUT2D eigenvalue weighted by Gasteiger charge is 2.13. The van der Waals surface area contributed by atoms with Gasteiger partial charge in [-0.3, -0.25) is 4.79 Å². The summed E-state index contributed by atoms with van der Waals surface area (Å²) in [6, 6.07) is 14.9. The van der Waals surface area contributed by atoms with Gasteiger partial charge in [0.1, 0.15) is 11.6 Å². The van der Waals surface area contributed by atoms with Crippen molar-refractivity contribution in [1.29, 1.82) is 5.26 Å². The van der Waals surface area contributed by atoms with E-state index in [9.17, 15) is 10.1 Å². The molecule has 0 radical (unpaired) electrons. The highest BCUT2D eigenvalue weighted by atomic mass is 16.1. The lowest BCUT2D eigenvalue weighted by molar-refractivity contribution is -0.112. The van der Waals surface area contributed by atoms with Crippen LogP contribution in [0.2, 0.25) is 0 Å². The summed E-state index contributed by atoms with van der Waals surface area (Å²) in [4.78, 5) is 12.5. The summed E-state index contributed by atoms with van der Waals surface area (Å²) in [7, 11) is 0. The first-order valence-corrected chi connectivity index (χ1v) is 8.23. The van der Waals surface area contributed by atoms with Crippen LogP contribution in [0.4, 0.5) is 17.1 Å². The van der Waals surface area contributed by atoms with Gasteiger partial charge < -0.3 is 16.4 Å². The summed E-state index contributed by atoms with van der Waals surface area (Å²) in [5.41, 5.74) is 9.94. The molecule has 0 unspecified atom stereocenters. The monoisotopic (exact) mass is 334 g/mol. The second-order valence-corrected chi connectivity index (χ2v) is 5.55. The zero-order valence-corrected chi connectivity index (χ0v) is 14.5. The minimum atomic E-state index is -0.430. The molecule has 0 heterocycles. The number of benzene rings is 2. The number of nitriles is 1. The molecular formula is C20H22N4O. The van der Waals surface area contributed by atoms with Crippen LogP contribution in [0.5, 0.6) is 0 Å². The number of hydrogen-bond acceptors (Lipinski definition) is 4. The van der Waals surface area contributed by atoms with E-state index in [1.807, 2.05) is 38.1 Å². The maximum absolute atomic E-state index is 12.5. The van der Waals surface area contributed by atoms with E-state index in [2.05, 4.69) is 10.6 Å². The Morgan fingerprint density at radius 3 is 2.24 bits per heavy atom. The third-order valence-corrected chi connectivity index (χ3v) is 3.90. The van der Waals surface area contributed by atoms with Crippen LogP contribution in [0.3, 0.4) is 0 Å². The molecule has 0 aromatic heterocycles. The number of carbonyl (C=O) groups excluding carboxylic acids is 1. The molecule has 0 atom stereocenters. The van der Waals surface area contributed by atoms with Gasteiger partial charge in [0, 0.05) is 23.3 Å².